The van der Waals surface area contributed by atoms with Gasteiger partial charge < -0.3 is 0 Å². The molecule has 26 heavy (non-hydrogen) atoms. The van der Waals surface area contributed by atoms with Crippen LogP contribution in [-0.4, -0.2) is 0 Å². The molecule has 1 unspecified atom stereocenters. The topological polar surface area (TPSA) is 0 Å². The van der Waals surface area contributed by atoms with Crippen LogP contribution in [0.4, 0.5) is 0 Å². The quantitative estimate of drug-likeness (QED) is 0.369. The van der Waals surface area contributed by atoms with Crippen LogP contribution in [0.15, 0.2) is 74.9 Å². The Bertz CT molecular complexity index is 996. The Kier molecular flexibility index (Phi) is 3.52. The van der Waals surface area contributed by atoms with Crippen LogP contribution in [0.5, 0.6) is 0 Å². The lowest BCUT2D eigenvalue weighted by molar-refractivity contribution is 0.435. The summed E-state index contributed by atoms with van der Waals surface area (Å²) in [5, 5.41) is 0. The largest absolute Gasteiger partial charge is 0.0894 e. The first-order valence-electron chi connectivity index (χ1n) is 9.11. The summed E-state index contributed by atoms with van der Waals surface area (Å²) in [6.07, 6.45) is 1.11. The normalized spacial score (nSPS) is 22.0. The second-order valence-corrected chi connectivity index (χ2v) is 10.3. The maximum Gasteiger partial charge on any atom is 0.0485 e. The predicted octanol–water partition coefficient (Wildman–Crippen LogP) is 7.24. The van der Waals surface area contributed by atoms with Crippen molar-refractivity contribution in [3.63, 3.8) is 0 Å². The van der Waals surface area contributed by atoms with Crippen molar-refractivity contribution < 1.29 is 0 Å². The summed E-state index contributed by atoms with van der Waals surface area (Å²) < 4.78 is 1.16. The zero-order chi connectivity index (χ0) is 18.1. The third kappa shape index (κ3) is 2.15. The fraction of sp³-hybridized carbons (Fsp3) is 0.250. The Morgan fingerprint density at radius 1 is 0.808 bits per heavy atom. The highest BCUT2D eigenvalue weighted by atomic mass is 79.9. The molecule has 0 radical (unpaired) electrons. The average Bonchev–Trinajstić information content (AvgIpc) is 2.86. The molecule has 0 N–H and O–H groups in total. The van der Waals surface area contributed by atoms with Crippen LogP contribution < -0.4 is 0 Å². The molecular weight excluding hydrogens is 400 g/mol. The Morgan fingerprint density at radius 2 is 1.46 bits per heavy atom. The van der Waals surface area contributed by atoms with Crippen LogP contribution in [0.1, 0.15) is 48.1 Å². The van der Waals surface area contributed by atoms with Gasteiger partial charge in [-0.15, -0.1) is 0 Å². The molecule has 1 spiro atoms. The van der Waals surface area contributed by atoms with Crippen molar-refractivity contribution >= 4 is 27.7 Å². The Balaban J connectivity index is 1.94. The van der Waals surface area contributed by atoms with Gasteiger partial charge in [0, 0.05) is 19.7 Å². The third-order valence-electron chi connectivity index (χ3n) is 6.04. The zero-order valence-corrected chi connectivity index (χ0v) is 17.7. The predicted molar refractivity (Wildman–Crippen MR) is 113 cm³/mol. The summed E-state index contributed by atoms with van der Waals surface area (Å²) in [7, 11) is 0. The van der Waals surface area contributed by atoms with E-state index in [1.54, 1.807) is 0 Å². The molecule has 0 saturated carbocycles. The molecule has 1 heterocycles. The van der Waals surface area contributed by atoms with Gasteiger partial charge in [0.25, 0.3) is 0 Å². The maximum absolute atomic E-state index is 3.73. The molecule has 0 nitrogen and oxygen atoms in total. The summed E-state index contributed by atoms with van der Waals surface area (Å²) in [5.41, 5.74) is 7.33. The highest BCUT2D eigenvalue weighted by Gasteiger charge is 2.52. The minimum absolute atomic E-state index is 0.0637. The summed E-state index contributed by atoms with van der Waals surface area (Å²) in [4.78, 5) is 2.79. The van der Waals surface area contributed by atoms with Crippen LogP contribution in [0.3, 0.4) is 0 Å². The summed E-state index contributed by atoms with van der Waals surface area (Å²) in [6.45, 7) is 7.01. The molecule has 1 aliphatic carbocycles. The van der Waals surface area contributed by atoms with E-state index in [1.165, 1.54) is 37.6 Å². The van der Waals surface area contributed by atoms with Gasteiger partial charge in [0.05, 0.1) is 0 Å². The summed E-state index contributed by atoms with van der Waals surface area (Å²) in [5.74, 6) is 0. The standard InChI is InChI=1S/C24H21BrS/c1-15-8-10-21-19(12-15)24(20-13-16(25)9-11-22(20)26-21)14-23(2,3)17-6-4-5-7-18(17)24/h4-13H,14H2,1-3H3. The van der Waals surface area contributed by atoms with Crippen LogP contribution in [-0.2, 0) is 10.8 Å². The molecule has 0 saturated heterocycles. The van der Waals surface area contributed by atoms with Crippen molar-refractivity contribution in [2.45, 2.75) is 47.8 Å². The van der Waals surface area contributed by atoms with Gasteiger partial charge in [-0.05, 0) is 65.3 Å². The van der Waals surface area contributed by atoms with Gasteiger partial charge in [0.15, 0.2) is 0 Å². The van der Waals surface area contributed by atoms with E-state index in [2.05, 4.69) is 97.4 Å². The van der Waals surface area contributed by atoms with E-state index in [4.69, 9.17) is 0 Å². The average molecular weight is 421 g/mol. The first-order valence-corrected chi connectivity index (χ1v) is 10.7. The lowest BCUT2D eigenvalue weighted by Gasteiger charge is -2.40. The van der Waals surface area contributed by atoms with Gasteiger partial charge in [0.2, 0.25) is 0 Å². The monoisotopic (exact) mass is 420 g/mol. The lowest BCUT2D eigenvalue weighted by Crippen LogP contribution is -2.32. The van der Waals surface area contributed by atoms with Gasteiger partial charge in [-0.1, -0.05) is 83.5 Å². The van der Waals surface area contributed by atoms with E-state index in [1.807, 2.05) is 11.8 Å². The Hall–Kier alpha value is -1.51. The molecular formula is C24H21BrS. The molecule has 3 aromatic carbocycles. The molecule has 0 bridgehead atoms. The molecule has 0 fully saturated rings. The van der Waals surface area contributed by atoms with E-state index in [0.29, 0.717) is 0 Å². The van der Waals surface area contributed by atoms with Crippen molar-refractivity contribution in [3.05, 3.63) is 93.0 Å². The molecule has 2 heteroatoms. The highest BCUT2D eigenvalue weighted by molar-refractivity contribution is 9.10. The van der Waals surface area contributed by atoms with E-state index < -0.39 is 0 Å². The Morgan fingerprint density at radius 3 is 2.23 bits per heavy atom. The maximum atomic E-state index is 3.73. The molecule has 5 rings (SSSR count). The van der Waals surface area contributed by atoms with Gasteiger partial charge in [0.1, 0.15) is 0 Å². The second-order valence-electron chi connectivity index (χ2n) is 8.25. The SMILES string of the molecule is Cc1ccc2c(c1)C1(CC(C)(C)c3ccccc31)c1cc(Br)ccc1S2. The van der Waals surface area contributed by atoms with Crippen molar-refractivity contribution in [2.75, 3.05) is 0 Å². The number of rotatable bonds is 0. The summed E-state index contributed by atoms with van der Waals surface area (Å²) in [6, 6.07) is 22.9. The van der Waals surface area contributed by atoms with Gasteiger partial charge in [-0.3, -0.25) is 0 Å². The van der Waals surface area contributed by atoms with Crippen molar-refractivity contribution in [2.24, 2.45) is 0 Å². The fourth-order valence-electron chi connectivity index (χ4n) is 5.03. The summed E-state index contributed by atoms with van der Waals surface area (Å²) >= 11 is 5.65. The van der Waals surface area contributed by atoms with E-state index >= 15 is 0 Å². The lowest BCUT2D eigenvalue weighted by atomic mass is 9.68. The van der Waals surface area contributed by atoms with Crippen LogP contribution >= 0.6 is 27.7 Å². The fourth-order valence-corrected chi connectivity index (χ4v) is 6.59. The van der Waals surface area contributed by atoms with Crippen molar-refractivity contribution in [1.29, 1.82) is 0 Å². The number of benzene rings is 3. The second kappa shape index (κ2) is 5.50. The van der Waals surface area contributed by atoms with E-state index in [9.17, 15) is 0 Å². The number of aryl methyl sites for hydroxylation is 1. The third-order valence-corrected chi connectivity index (χ3v) is 7.68. The Labute approximate surface area is 168 Å². The highest BCUT2D eigenvalue weighted by Crippen LogP contribution is 2.62. The minimum atomic E-state index is -0.0637. The first-order chi connectivity index (χ1) is 12.4. The number of hydrogen-bond donors (Lipinski definition) is 0. The molecule has 1 aliphatic heterocycles. The molecule has 130 valence electrons. The molecule has 1 atom stereocenters. The van der Waals surface area contributed by atoms with Gasteiger partial charge in [-0.2, -0.15) is 0 Å². The van der Waals surface area contributed by atoms with Crippen molar-refractivity contribution in [3.8, 4) is 0 Å². The van der Waals surface area contributed by atoms with E-state index in [-0.39, 0.29) is 10.8 Å². The van der Waals surface area contributed by atoms with Crippen LogP contribution in [0.25, 0.3) is 0 Å². The number of hydrogen-bond acceptors (Lipinski definition) is 1. The van der Waals surface area contributed by atoms with Crippen LogP contribution in [0, 0.1) is 6.92 Å². The first kappa shape index (κ1) is 16.6. The number of halogens is 1. The zero-order valence-electron chi connectivity index (χ0n) is 15.3. The van der Waals surface area contributed by atoms with Gasteiger partial charge in [-0.25, -0.2) is 0 Å². The number of fused-ring (bicyclic) bond motifs is 6. The minimum Gasteiger partial charge on any atom is -0.0894 e. The molecule has 2 aliphatic rings. The van der Waals surface area contributed by atoms with E-state index in [0.717, 1.165) is 10.9 Å². The van der Waals surface area contributed by atoms with Gasteiger partial charge >= 0.3 is 0 Å². The molecule has 0 aromatic heterocycles. The molecule has 0 amide bonds. The van der Waals surface area contributed by atoms with Crippen molar-refractivity contribution in [1.82, 2.24) is 0 Å². The van der Waals surface area contributed by atoms with Crippen LogP contribution in [0.2, 0.25) is 0 Å². The molecule has 3 aromatic rings. The smallest absolute Gasteiger partial charge is 0.0485 e.